The molecule has 1 aromatic rings. The molecule has 28 heavy (non-hydrogen) atoms. The van der Waals surface area contributed by atoms with Crippen molar-refractivity contribution in [1.82, 2.24) is 5.32 Å². The number of rotatable bonds is 9. The third-order valence-electron chi connectivity index (χ3n) is 3.36. The van der Waals surface area contributed by atoms with Gasteiger partial charge in [0.05, 0.1) is 13.7 Å². The third kappa shape index (κ3) is 7.25. The normalized spacial score (nSPS) is 12.8. The summed E-state index contributed by atoms with van der Waals surface area (Å²) in [4.78, 5) is 23.5. The fourth-order valence-electron chi connectivity index (χ4n) is 1.92. The quantitative estimate of drug-likeness (QED) is 0.279. The molecule has 158 valence electrons. The van der Waals surface area contributed by atoms with E-state index in [4.69, 9.17) is 4.74 Å². The first-order valence-electron chi connectivity index (χ1n) is 8.11. The molecule has 0 aliphatic heterocycles. The summed E-state index contributed by atoms with van der Waals surface area (Å²) in [5.41, 5.74) is -5.15. The van der Waals surface area contributed by atoms with Crippen LogP contribution in [0, 0.1) is 0 Å². The Kier molecular flexibility index (Phi) is 8.54. The van der Waals surface area contributed by atoms with E-state index >= 15 is 0 Å². The van der Waals surface area contributed by atoms with Crippen molar-refractivity contribution in [3.63, 3.8) is 0 Å². The van der Waals surface area contributed by atoms with Crippen LogP contribution in [-0.2, 0) is 30.8 Å². The summed E-state index contributed by atoms with van der Waals surface area (Å²) in [5.74, 6) is -1.31. The first-order chi connectivity index (χ1) is 13.0. The van der Waals surface area contributed by atoms with Gasteiger partial charge in [0.25, 0.3) is 0 Å². The van der Waals surface area contributed by atoms with Crippen molar-refractivity contribution in [1.29, 1.82) is 0 Å². The molecule has 1 unspecified atom stereocenters. The van der Waals surface area contributed by atoms with E-state index in [-0.39, 0.29) is 13.0 Å². The van der Waals surface area contributed by atoms with Crippen LogP contribution in [0.15, 0.2) is 24.3 Å². The van der Waals surface area contributed by atoms with E-state index < -0.39 is 39.5 Å². The Bertz CT molecular complexity index is 763. The van der Waals surface area contributed by atoms with Crippen molar-refractivity contribution in [2.75, 3.05) is 13.7 Å². The molecule has 1 N–H and O–H groups in total. The summed E-state index contributed by atoms with van der Waals surface area (Å²) in [5, 5.41) is 2.34. The van der Waals surface area contributed by atoms with Gasteiger partial charge in [0.1, 0.15) is 11.8 Å². The van der Waals surface area contributed by atoms with Crippen molar-refractivity contribution in [3.05, 3.63) is 29.8 Å². The van der Waals surface area contributed by atoms with E-state index in [0.717, 1.165) is 25.7 Å². The van der Waals surface area contributed by atoms with E-state index in [1.807, 2.05) is 6.92 Å². The fourth-order valence-corrected chi connectivity index (χ4v) is 2.38. The van der Waals surface area contributed by atoms with E-state index in [1.54, 1.807) is 0 Å². The number of ether oxygens (including phenoxy) is 2. The van der Waals surface area contributed by atoms with E-state index in [2.05, 4.69) is 14.2 Å². The number of benzene rings is 1. The monoisotopic (exact) mass is 427 g/mol. The highest BCUT2D eigenvalue weighted by Gasteiger charge is 2.48. The second kappa shape index (κ2) is 10.2. The Hall–Kier alpha value is -2.50. The van der Waals surface area contributed by atoms with Gasteiger partial charge in [0.2, 0.25) is 0 Å². The van der Waals surface area contributed by atoms with Crippen molar-refractivity contribution >= 4 is 22.2 Å². The van der Waals surface area contributed by atoms with Gasteiger partial charge in [-0.3, -0.25) is 0 Å². The van der Waals surface area contributed by atoms with Crippen LogP contribution in [0.4, 0.5) is 18.0 Å². The van der Waals surface area contributed by atoms with Crippen LogP contribution in [0.25, 0.3) is 0 Å². The zero-order valence-electron chi connectivity index (χ0n) is 15.1. The molecule has 8 nitrogen and oxygen atoms in total. The molecule has 0 fully saturated rings. The average molecular weight is 427 g/mol. The number of methoxy groups -OCH3 is 1. The van der Waals surface area contributed by atoms with Gasteiger partial charge in [-0.1, -0.05) is 25.5 Å². The first kappa shape index (κ1) is 23.5. The lowest BCUT2D eigenvalue weighted by atomic mass is 10.1. The average Bonchev–Trinajstić information content (AvgIpc) is 2.61. The number of amides is 1. The molecule has 1 atom stereocenters. The second-order valence-electron chi connectivity index (χ2n) is 5.54. The summed E-state index contributed by atoms with van der Waals surface area (Å²) < 4.78 is 72.4. The molecule has 0 aromatic heterocycles. The summed E-state index contributed by atoms with van der Waals surface area (Å²) in [6.45, 7) is 2.09. The van der Waals surface area contributed by atoms with Crippen LogP contribution in [0.2, 0.25) is 0 Å². The Morgan fingerprint density at radius 3 is 2.29 bits per heavy atom. The minimum Gasteiger partial charge on any atom is -0.467 e. The van der Waals surface area contributed by atoms with Gasteiger partial charge in [-0.05, 0) is 24.1 Å². The highest BCUT2D eigenvalue weighted by Crippen LogP contribution is 2.27. The zero-order chi connectivity index (χ0) is 21.4. The number of unbranched alkanes of at least 4 members (excludes halogenated alkanes) is 1. The number of hydrogen-bond donors (Lipinski definition) is 1. The number of alkyl carbamates (subject to hydrolysis) is 1. The SMILES string of the molecule is CCCCOC(=O)NC(Cc1ccc(OS(=O)(=O)C(F)(F)F)cc1)C(=O)OC. The topological polar surface area (TPSA) is 108 Å². The number of halogens is 3. The minimum atomic E-state index is -5.78. The molecule has 0 radical (unpaired) electrons. The van der Waals surface area contributed by atoms with Crippen LogP contribution in [0.5, 0.6) is 5.75 Å². The maximum Gasteiger partial charge on any atom is 0.534 e. The molecule has 0 aliphatic rings. The van der Waals surface area contributed by atoms with Crippen LogP contribution in [0.3, 0.4) is 0 Å². The maximum absolute atomic E-state index is 12.3. The molecule has 0 saturated carbocycles. The number of hydrogen-bond acceptors (Lipinski definition) is 7. The third-order valence-corrected chi connectivity index (χ3v) is 4.34. The van der Waals surface area contributed by atoms with Crippen LogP contribution in [0.1, 0.15) is 25.3 Å². The number of carbonyl (C=O) groups excluding carboxylic acids is 2. The zero-order valence-corrected chi connectivity index (χ0v) is 15.9. The molecular weight excluding hydrogens is 407 g/mol. The molecular formula is C16H20F3NO7S. The summed E-state index contributed by atoms with van der Waals surface area (Å²) in [6, 6.07) is 3.38. The van der Waals surface area contributed by atoms with Crippen molar-refractivity contribution in [3.8, 4) is 5.75 Å². The Morgan fingerprint density at radius 2 is 1.79 bits per heavy atom. The fraction of sp³-hybridized carbons (Fsp3) is 0.500. The second-order valence-corrected chi connectivity index (χ2v) is 7.08. The lowest BCUT2D eigenvalue weighted by Gasteiger charge is -2.17. The largest absolute Gasteiger partial charge is 0.534 e. The van der Waals surface area contributed by atoms with Gasteiger partial charge >= 0.3 is 27.7 Å². The Balaban J connectivity index is 2.79. The summed E-state index contributed by atoms with van der Waals surface area (Å²) in [6.07, 6.45) is 0.576. The van der Waals surface area contributed by atoms with Gasteiger partial charge < -0.3 is 19.0 Å². The molecule has 12 heteroatoms. The highest BCUT2D eigenvalue weighted by molar-refractivity contribution is 7.88. The van der Waals surface area contributed by atoms with Gasteiger partial charge in [-0.2, -0.15) is 21.6 Å². The molecule has 0 saturated heterocycles. The van der Waals surface area contributed by atoms with Gasteiger partial charge in [0.15, 0.2) is 0 Å². The first-order valence-corrected chi connectivity index (χ1v) is 9.51. The predicted octanol–water partition coefficient (Wildman–Crippen LogP) is 2.53. The Morgan fingerprint density at radius 1 is 1.18 bits per heavy atom. The van der Waals surface area contributed by atoms with Gasteiger partial charge in [0, 0.05) is 6.42 Å². The number of alkyl halides is 3. The number of esters is 1. The molecule has 1 amide bonds. The maximum atomic E-state index is 12.3. The highest BCUT2D eigenvalue weighted by atomic mass is 32.2. The van der Waals surface area contributed by atoms with Gasteiger partial charge in [-0.15, -0.1) is 0 Å². The van der Waals surface area contributed by atoms with E-state index in [0.29, 0.717) is 12.0 Å². The summed E-state index contributed by atoms with van der Waals surface area (Å²) in [7, 11) is -4.66. The molecule has 0 bridgehead atoms. The Labute approximate surface area is 160 Å². The molecule has 0 heterocycles. The minimum absolute atomic E-state index is 0.0676. The summed E-state index contributed by atoms with van der Waals surface area (Å²) >= 11 is 0. The van der Waals surface area contributed by atoms with Crippen molar-refractivity contribution in [2.24, 2.45) is 0 Å². The molecule has 0 aliphatic carbocycles. The number of carbonyl (C=O) groups is 2. The molecule has 1 aromatic carbocycles. The van der Waals surface area contributed by atoms with Crippen molar-refractivity contribution < 1.29 is 44.8 Å². The van der Waals surface area contributed by atoms with Crippen LogP contribution in [-0.4, -0.2) is 45.7 Å². The van der Waals surface area contributed by atoms with Crippen LogP contribution < -0.4 is 9.50 Å². The molecule has 0 spiro atoms. The lowest BCUT2D eigenvalue weighted by Crippen LogP contribution is -2.43. The smallest absolute Gasteiger partial charge is 0.467 e. The molecule has 1 rings (SSSR count). The van der Waals surface area contributed by atoms with Crippen LogP contribution >= 0.6 is 0 Å². The standard InChI is InChI=1S/C16H20F3NO7S/c1-3-4-9-26-15(22)20-13(14(21)25-2)10-11-5-7-12(8-6-11)27-28(23,24)16(17,18)19/h5-8,13H,3-4,9-10H2,1-2H3,(H,20,22). The van der Waals surface area contributed by atoms with E-state index in [1.165, 1.54) is 12.1 Å². The van der Waals surface area contributed by atoms with Crippen molar-refractivity contribution in [2.45, 2.75) is 37.7 Å². The van der Waals surface area contributed by atoms with E-state index in [9.17, 15) is 31.2 Å². The number of nitrogens with one attached hydrogen (secondary N) is 1. The lowest BCUT2D eigenvalue weighted by molar-refractivity contribution is -0.143. The predicted molar refractivity (Wildman–Crippen MR) is 90.9 cm³/mol. The van der Waals surface area contributed by atoms with Gasteiger partial charge in [-0.25, -0.2) is 9.59 Å².